The van der Waals surface area contributed by atoms with Gasteiger partial charge in [0.05, 0.1) is 7.11 Å². The maximum absolute atomic E-state index is 6.02. The largest absolute Gasteiger partial charge is 0.481 e. The van der Waals surface area contributed by atoms with E-state index in [4.69, 9.17) is 10.5 Å². The number of nitrogens with zero attached hydrogens (tertiary/aromatic N) is 3. The lowest BCUT2D eigenvalue weighted by Gasteiger charge is -2.13. The highest BCUT2D eigenvalue weighted by molar-refractivity contribution is 5.56. The highest BCUT2D eigenvalue weighted by Gasteiger charge is 2.14. The minimum absolute atomic E-state index is 0.298. The van der Waals surface area contributed by atoms with Crippen LogP contribution >= 0.6 is 0 Å². The molecule has 19 heavy (non-hydrogen) atoms. The molecule has 0 saturated heterocycles. The summed E-state index contributed by atoms with van der Waals surface area (Å²) in [5, 5.41) is 0. The van der Waals surface area contributed by atoms with Crippen molar-refractivity contribution in [2.75, 3.05) is 12.8 Å². The number of aryl methyl sites for hydroxylation is 1. The monoisotopic (exact) mass is 258 g/mol. The molecule has 5 nitrogen and oxygen atoms in total. The molecule has 0 spiro atoms. The van der Waals surface area contributed by atoms with Gasteiger partial charge in [0.25, 0.3) is 0 Å². The molecule has 0 aliphatic heterocycles. The molecule has 0 aliphatic carbocycles. The van der Waals surface area contributed by atoms with E-state index >= 15 is 0 Å². The van der Waals surface area contributed by atoms with Gasteiger partial charge in [0, 0.05) is 17.3 Å². The van der Waals surface area contributed by atoms with Crippen LogP contribution in [0.1, 0.15) is 31.0 Å². The van der Waals surface area contributed by atoms with E-state index in [0.29, 0.717) is 29.1 Å². The predicted molar refractivity (Wildman–Crippen MR) is 75.1 cm³/mol. The van der Waals surface area contributed by atoms with Crippen molar-refractivity contribution in [1.29, 1.82) is 0 Å². The third-order valence-corrected chi connectivity index (χ3v) is 2.90. The first-order chi connectivity index (χ1) is 9.02. The van der Waals surface area contributed by atoms with E-state index in [1.54, 1.807) is 13.2 Å². The Morgan fingerprint density at radius 3 is 2.47 bits per heavy atom. The van der Waals surface area contributed by atoms with Crippen LogP contribution in [0.25, 0.3) is 11.5 Å². The zero-order chi connectivity index (χ0) is 14.0. The second kappa shape index (κ2) is 5.22. The number of aromatic nitrogens is 3. The number of hydrogen-bond acceptors (Lipinski definition) is 5. The fraction of sp³-hybridized carbons (Fsp3) is 0.357. The minimum Gasteiger partial charge on any atom is -0.481 e. The Kier molecular flexibility index (Phi) is 3.64. The van der Waals surface area contributed by atoms with Gasteiger partial charge in [0.15, 0.2) is 5.82 Å². The summed E-state index contributed by atoms with van der Waals surface area (Å²) in [6.45, 7) is 6.09. The molecule has 0 aromatic carbocycles. The molecule has 0 bridgehead atoms. The van der Waals surface area contributed by atoms with Crippen LogP contribution in [0.4, 0.5) is 5.82 Å². The van der Waals surface area contributed by atoms with Crippen molar-refractivity contribution in [2.24, 2.45) is 0 Å². The molecule has 2 rings (SSSR count). The molecule has 0 unspecified atom stereocenters. The molecule has 0 amide bonds. The lowest BCUT2D eigenvalue weighted by molar-refractivity contribution is 0.398. The van der Waals surface area contributed by atoms with Crippen LogP contribution in [0.15, 0.2) is 18.2 Å². The Labute approximate surface area is 112 Å². The number of nitrogens with two attached hydrogens (primary N) is 1. The molecule has 0 fully saturated rings. The third-order valence-electron chi connectivity index (χ3n) is 2.90. The first-order valence-corrected chi connectivity index (χ1v) is 6.18. The lowest BCUT2D eigenvalue weighted by Crippen LogP contribution is -2.07. The average molecular weight is 258 g/mol. The summed E-state index contributed by atoms with van der Waals surface area (Å²) in [6, 6.07) is 5.47. The number of ether oxygens (including phenoxy) is 1. The van der Waals surface area contributed by atoms with Crippen LogP contribution in [-0.2, 0) is 0 Å². The van der Waals surface area contributed by atoms with Gasteiger partial charge in [-0.25, -0.2) is 15.0 Å². The van der Waals surface area contributed by atoms with Gasteiger partial charge in [-0.15, -0.1) is 0 Å². The van der Waals surface area contributed by atoms with Crippen molar-refractivity contribution in [1.82, 2.24) is 15.0 Å². The van der Waals surface area contributed by atoms with Gasteiger partial charge in [-0.1, -0.05) is 19.9 Å². The molecule has 0 radical (unpaired) electrons. The normalized spacial score (nSPS) is 10.8. The summed E-state index contributed by atoms with van der Waals surface area (Å²) in [5.74, 6) is 1.87. The molecular formula is C14H18N4O. The van der Waals surface area contributed by atoms with Crippen molar-refractivity contribution in [2.45, 2.75) is 26.7 Å². The topological polar surface area (TPSA) is 73.9 Å². The Bertz CT molecular complexity index is 573. The van der Waals surface area contributed by atoms with Gasteiger partial charge >= 0.3 is 0 Å². The van der Waals surface area contributed by atoms with Crippen LogP contribution in [0.2, 0.25) is 0 Å². The van der Waals surface area contributed by atoms with E-state index in [1.165, 1.54) is 0 Å². The van der Waals surface area contributed by atoms with Gasteiger partial charge < -0.3 is 10.5 Å². The van der Waals surface area contributed by atoms with Crippen molar-refractivity contribution in [3.8, 4) is 17.4 Å². The summed E-state index contributed by atoms with van der Waals surface area (Å²) in [6.07, 6.45) is 0. The van der Waals surface area contributed by atoms with Crippen LogP contribution in [-0.4, -0.2) is 22.1 Å². The average Bonchev–Trinajstić information content (AvgIpc) is 2.37. The Morgan fingerprint density at radius 1 is 1.16 bits per heavy atom. The summed E-state index contributed by atoms with van der Waals surface area (Å²) in [4.78, 5) is 13.2. The zero-order valence-electron chi connectivity index (χ0n) is 11.6. The maximum atomic E-state index is 6.02. The second-order valence-corrected chi connectivity index (χ2v) is 4.65. The maximum Gasteiger partial charge on any atom is 0.213 e. The highest BCUT2D eigenvalue weighted by atomic mass is 16.5. The predicted octanol–water partition coefficient (Wildman–Crippen LogP) is 2.56. The number of anilines is 1. The number of methoxy groups -OCH3 is 1. The van der Waals surface area contributed by atoms with Crippen molar-refractivity contribution in [3.63, 3.8) is 0 Å². The molecule has 2 aromatic rings. The van der Waals surface area contributed by atoms with Gasteiger partial charge in [0.2, 0.25) is 5.88 Å². The van der Waals surface area contributed by atoms with Crippen molar-refractivity contribution < 1.29 is 4.74 Å². The Morgan fingerprint density at radius 2 is 1.89 bits per heavy atom. The van der Waals surface area contributed by atoms with E-state index in [9.17, 15) is 0 Å². The zero-order valence-corrected chi connectivity index (χ0v) is 11.6. The van der Waals surface area contributed by atoms with E-state index < -0.39 is 0 Å². The van der Waals surface area contributed by atoms with Gasteiger partial charge in [0.1, 0.15) is 11.5 Å². The molecule has 5 heteroatoms. The van der Waals surface area contributed by atoms with Crippen LogP contribution in [0.5, 0.6) is 5.88 Å². The van der Waals surface area contributed by atoms with Crippen LogP contribution < -0.4 is 10.5 Å². The fourth-order valence-corrected chi connectivity index (χ4v) is 2.08. The Hall–Kier alpha value is -2.17. The lowest BCUT2D eigenvalue weighted by atomic mass is 10.0. The summed E-state index contributed by atoms with van der Waals surface area (Å²) >= 11 is 0. The minimum atomic E-state index is 0.298. The molecular weight excluding hydrogens is 240 g/mol. The molecule has 0 atom stereocenters. The molecule has 2 N–H and O–H groups in total. The standard InChI is InChI=1S/C14H18N4O/c1-8(2)12-9(3)16-14(18-13(12)15)10-6-5-7-11(17-10)19-4/h5-8H,1-4H3,(H2,15,16,18). The quantitative estimate of drug-likeness (QED) is 0.915. The van der Waals surface area contributed by atoms with E-state index in [2.05, 4.69) is 28.8 Å². The first-order valence-electron chi connectivity index (χ1n) is 6.18. The number of hydrogen-bond donors (Lipinski definition) is 1. The molecule has 100 valence electrons. The molecule has 0 saturated carbocycles. The Balaban J connectivity index is 2.52. The second-order valence-electron chi connectivity index (χ2n) is 4.65. The number of rotatable bonds is 3. The van der Waals surface area contributed by atoms with Crippen LogP contribution in [0, 0.1) is 6.92 Å². The van der Waals surface area contributed by atoms with E-state index in [0.717, 1.165) is 11.3 Å². The van der Waals surface area contributed by atoms with E-state index in [1.807, 2.05) is 19.1 Å². The number of nitrogen functional groups attached to an aromatic ring is 1. The highest BCUT2D eigenvalue weighted by Crippen LogP contribution is 2.26. The summed E-state index contributed by atoms with van der Waals surface area (Å²) in [5.41, 5.74) is 8.56. The summed E-state index contributed by atoms with van der Waals surface area (Å²) < 4.78 is 5.10. The van der Waals surface area contributed by atoms with Crippen molar-refractivity contribution >= 4 is 5.82 Å². The smallest absolute Gasteiger partial charge is 0.213 e. The fourth-order valence-electron chi connectivity index (χ4n) is 2.08. The van der Waals surface area contributed by atoms with Crippen LogP contribution in [0.3, 0.4) is 0 Å². The summed E-state index contributed by atoms with van der Waals surface area (Å²) in [7, 11) is 1.58. The SMILES string of the molecule is COc1cccc(-c2nc(C)c(C(C)C)c(N)n2)n1. The van der Waals surface area contributed by atoms with Gasteiger partial charge in [-0.3, -0.25) is 0 Å². The third kappa shape index (κ3) is 2.65. The molecule has 2 aromatic heterocycles. The first kappa shape index (κ1) is 13.3. The van der Waals surface area contributed by atoms with E-state index in [-0.39, 0.29) is 0 Å². The molecule has 2 heterocycles. The van der Waals surface area contributed by atoms with Gasteiger partial charge in [-0.05, 0) is 18.9 Å². The van der Waals surface area contributed by atoms with Crippen molar-refractivity contribution in [3.05, 3.63) is 29.5 Å². The molecule has 0 aliphatic rings. The number of pyridine rings is 1. The van der Waals surface area contributed by atoms with Gasteiger partial charge in [-0.2, -0.15) is 0 Å².